The molecule has 0 saturated carbocycles. The van der Waals surface area contributed by atoms with Gasteiger partial charge in [-0.05, 0) is 56.3 Å². The smallest absolute Gasteiger partial charge is 0.255 e. The van der Waals surface area contributed by atoms with Gasteiger partial charge in [0.2, 0.25) is 0 Å². The van der Waals surface area contributed by atoms with Crippen LogP contribution in [0.4, 0.5) is 5.69 Å². The molecule has 0 aliphatic rings. The Hall–Kier alpha value is -3.60. The van der Waals surface area contributed by atoms with E-state index in [1.54, 1.807) is 36.4 Å². The Morgan fingerprint density at radius 2 is 1.43 bits per heavy atom. The summed E-state index contributed by atoms with van der Waals surface area (Å²) in [7, 11) is 0. The monoisotopic (exact) mass is 374 g/mol. The molecule has 0 fully saturated rings. The largest absolute Gasteiger partial charge is 0.455 e. The van der Waals surface area contributed by atoms with Gasteiger partial charge in [0.25, 0.3) is 11.8 Å². The summed E-state index contributed by atoms with van der Waals surface area (Å²) >= 11 is 0. The second-order valence-corrected chi connectivity index (χ2v) is 6.57. The molecular weight excluding hydrogens is 352 g/mol. The first-order chi connectivity index (χ1) is 13.5. The minimum Gasteiger partial charge on any atom is -0.455 e. The maximum atomic E-state index is 12.7. The highest BCUT2D eigenvalue weighted by Crippen LogP contribution is 2.29. The highest BCUT2D eigenvalue weighted by atomic mass is 16.5. The number of benzene rings is 3. The van der Waals surface area contributed by atoms with Crippen molar-refractivity contribution >= 4 is 17.5 Å². The Balaban J connectivity index is 1.78. The molecule has 0 aliphatic carbocycles. The van der Waals surface area contributed by atoms with Gasteiger partial charge in [0.05, 0.1) is 5.69 Å². The van der Waals surface area contributed by atoms with Gasteiger partial charge in [0, 0.05) is 17.2 Å². The molecule has 0 heterocycles. The van der Waals surface area contributed by atoms with Crippen LogP contribution in [0.3, 0.4) is 0 Å². The molecule has 3 rings (SSSR count). The van der Waals surface area contributed by atoms with Crippen molar-refractivity contribution in [3.8, 4) is 11.5 Å². The van der Waals surface area contributed by atoms with Crippen molar-refractivity contribution in [1.82, 2.24) is 5.32 Å². The van der Waals surface area contributed by atoms with Crippen molar-refractivity contribution < 1.29 is 14.3 Å². The molecule has 2 amide bonds. The van der Waals surface area contributed by atoms with Crippen LogP contribution in [0.25, 0.3) is 0 Å². The van der Waals surface area contributed by atoms with Crippen LogP contribution < -0.4 is 15.4 Å². The Kier molecular flexibility index (Phi) is 6.07. The van der Waals surface area contributed by atoms with Crippen LogP contribution in [0.5, 0.6) is 11.5 Å². The number of amides is 2. The van der Waals surface area contributed by atoms with Gasteiger partial charge >= 0.3 is 0 Å². The van der Waals surface area contributed by atoms with Gasteiger partial charge in [-0.25, -0.2) is 0 Å². The van der Waals surface area contributed by atoms with Gasteiger partial charge < -0.3 is 15.4 Å². The first-order valence-corrected chi connectivity index (χ1v) is 9.07. The van der Waals surface area contributed by atoms with Gasteiger partial charge in [-0.2, -0.15) is 0 Å². The van der Waals surface area contributed by atoms with E-state index in [9.17, 15) is 9.59 Å². The Bertz CT molecular complexity index is 968. The Morgan fingerprint density at radius 1 is 0.786 bits per heavy atom. The fraction of sp³-hybridized carbons (Fsp3) is 0.130. The third kappa shape index (κ3) is 4.98. The van der Waals surface area contributed by atoms with Gasteiger partial charge in [-0.15, -0.1) is 0 Å². The van der Waals surface area contributed by atoms with Crippen LogP contribution in [-0.2, 0) is 0 Å². The van der Waals surface area contributed by atoms with E-state index < -0.39 is 0 Å². The number of ether oxygens (including phenoxy) is 1. The zero-order valence-corrected chi connectivity index (χ0v) is 15.8. The van der Waals surface area contributed by atoms with E-state index in [2.05, 4.69) is 10.6 Å². The molecule has 5 nitrogen and oxygen atoms in total. The predicted molar refractivity (Wildman–Crippen MR) is 110 cm³/mol. The van der Waals surface area contributed by atoms with Crippen LogP contribution in [0, 0.1) is 0 Å². The lowest BCUT2D eigenvalue weighted by molar-refractivity contribution is 0.0943. The number of nitrogens with one attached hydrogen (secondary N) is 2. The van der Waals surface area contributed by atoms with E-state index in [0.29, 0.717) is 28.3 Å². The molecule has 3 aromatic carbocycles. The highest BCUT2D eigenvalue weighted by Gasteiger charge is 2.13. The van der Waals surface area contributed by atoms with Gasteiger partial charge in [-0.3, -0.25) is 9.59 Å². The van der Waals surface area contributed by atoms with E-state index >= 15 is 0 Å². The molecule has 0 aliphatic heterocycles. The molecule has 3 aromatic rings. The number of anilines is 1. The third-order valence-electron chi connectivity index (χ3n) is 3.91. The van der Waals surface area contributed by atoms with Crippen molar-refractivity contribution in [3.05, 3.63) is 90.0 Å². The molecule has 2 N–H and O–H groups in total. The summed E-state index contributed by atoms with van der Waals surface area (Å²) in [6.07, 6.45) is 0. The van der Waals surface area contributed by atoms with Crippen LogP contribution in [0.15, 0.2) is 78.9 Å². The highest BCUT2D eigenvalue weighted by molar-refractivity contribution is 6.06. The van der Waals surface area contributed by atoms with Crippen molar-refractivity contribution in [3.63, 3.8) is 0 Å². The quantitative estimate of drug-likeness (QED) is 0.647. The van der Waals surface area contributed by atoms with Crippen LogP contribution >= 0.6 is 0 Å². The summed E-state index contributed by atoms with van der Waals surface area (Å²) in [6, 6.07) is 23.2. The lowest BCUT2D eigenvalue weighted by Crippen LogP contribution is -2.30. The molecule has 0 saturated heterocycles. The number of hydrogen-bond donors (Lipinski definition) is 2. The summed E-state index contributed by atoms with van der Waals surface area (Å²) in [6.45, 7) is 3.77. The average molecular weight is 374 g/mol. The average Bonchev–Trinajstić information content (AvgIpc) is 2.70. The maximum Gasteiger partial charge on any atom is 0.255 e. The van der Waals surface area contributed by atoms with Crippen molar-refractivity contribution in [2.75, 3.05) is 5.32 Å². The topological polar surface area (TPSA) is 67.4 Å². The number of carbonyl (C=O) groups excluding carboxylic acids is 2. The van der Waals surface area contributed by atoms with Crippen LogP contribution in [0.1, 0.15) is 34.6 Å². The van der Waals surface area contributed by atoms with E-state index in [4.69, 9.17) is 4.74 Å². The summed E-state index contributed by atoms with van der Waals surface area (Å²) in [5.74, 6) is 0.688. The Morgan fingerprint density at radius 3 is 2.14 bits per heavy atom. The Labute approximate surface area is 164 Å². The zero-order valence-electron chi connectivity index (χ0n) is 15.8. The molecule has 0 atom stereocenters. The van der Waals surface area contributed by atoms with Gasteiger partial charge in [-0.1, -0.05) is 36.4 Å². The summed E-state index contributed by atoms with van der Waals surface area (Å²) in [5, 5.41) is 5.68. The summed E-state index contributed by atoms with van der Waals surface area (Å²) < 4.78 is 5.87. The van der Waals surface area contributed by atoms with Crippen molar-refractivity contribution in [2.45, 2.75) is 19.9 Å². The predicted octanol–water partition coefficient (Wildman–Crippen LogP) is 4.87. The molecule has 0 aromatic heterocycles. The molecule has 142 valence electrons. The minimum atomic E-state index is -0.316. The second kappa shape index (κ2) is 8.86. The maximum absolute atomic E-state index is 12.7. The molecular formula is C23H22N2O3. The lowest BCUT2D eigenvalue weighted by Gasteiger charge is -2.13. The van der Waals surface area contributed by atoms with Gasteiger partial charge in [0.15, 0.2) is 5.75 Å². The SMILES string of the molecule is CC(C)NC(=O)c1cccc(C(=O)Nc2ccccc2Oc2ccccc2)c1. The first kappa shape index (κ1) is 19.2. The van der Waals surface area contributed by atoms with E-state index in [0.717, 1.165) is 0 Å². The molecule has 5 heteroatoms. The van der Waals surface area contributed by atoms with Crippen molar-refractivity contribution in [2.24, 2.45) is 0 Å². The third-order valence-corrected chi connectivity index (χ3v) is 3.91. The number of para-hydroxylation sites is 3. The van der Waals surface area contributed by atoms with Crippen LogP contribution in [0.2, 0.25) is 0 Å². The fourth-order valence-electron chi connectivity index (χ4n) is 2.62. The molecule has 28 heavy (non-hydrogen) atoms. The first-order valence-electron chi connectivity index (χ1n) is 9.07. The minimum absolute atomic E-state index is 0.0204. The molecule has 0 spiro atoms. The lowest BCUT2D eigenvalue weighted by atomic mass is 10.1. The number of carbonyl (C=O) groups is 2. The summed E-state index contributed by atoms with van der Waals surface area (Å²) in [5.41, 5.74) is 1.38. The molecule has 0 radical (unpaired) electrons. The van der Waals surface area contributed by atoms with E-state index in [1.807, 2.05) is 56.3 Å². The zero-order chi connectivity index (χ0) is 19.9. The summed E-state index contributed by atoms with van der Waals surface area (Å²) in [4.78, 5) is 24.9. The molecule has 0 unspecified atom stereocenters. The van der Waals surface area contributed by atoms with E-state index in [-0.39, 0.29) is 17.9 Å². The normalized spacial score (nSPS) is 10.4. The fourth-order valence-corrected chi connectivity index (χ4v) is 2.62. The van der Waals surface area contributed by atoms with Crippen LogP contribution in [-0.4, -0.2) is 17.9 Å². The standard InChI is InChI=1S/C23H22N2O3/c1-16(2)24-22(26)17-9-8-10-18(15-17)23(27)25-20-13-6-7-14-21(20)28-19-11-4-3-5-12-19/h3-16H,1-2H3,(H,24,26)(H,25,27). The second-order valence-electron chi connectivity index (χ2n) is 6.57. The number of rotatable bonds is 6. The molecule has 0 bridgehead atoms. The van der Waals surface area contributed by atoms with E-state index in [1.165, 1.54) is 0 Å². The number of hydrogen-bond acceptors (Lipinski definition) is 3. The van der Waals surface area contributed by atoms with Gasteiger partial charge in [0.1, 0.15) is 5.75 Å². The van der Waals surface area contributed by atoms with Crippen molar-refractivity contribution in [1.29, 1.82) is 0 Å².